The summed E-state index contributed by atoms with van der Waals surface area (Å²) in [5.74, 6) is 3.63. The first kappa shape index (κ1) is 30.6. The number of hydrogen-bond acceptors (Lipinski definition) is 5. The molecule has 0 fully saturated rings. The second-order valence-electron chi connectivity index (χ2n) is 12.4. The Labute approximate surface area is 221 Å². The number of aryl methyl sites for hydroxylation is 1. The number of esters is 1. The molecule has 5 heteroatoms. The van der Waals surface area contributed by atoms with Crippen molar-refractivity contribution < 1.29 is 14.6 Å². The average Bonchev–Trinajstić information content (AvgIpc) is 3.13. The van der Waals surface area contributed by atoms with Crippen LogP contribution in [0.1, 0.15) is 123 Å². The zero-order chi connectivity index (χ0) is 26.9. The van der Waals surface area contributed by atoms with Crippen molar-refractivity contribution in [1.29, 1.82) is 0 Å². The molecule has 0 saturated heterocycles. The molecule has 36 heavy (non-hydrogen) atoms. The number of fused-ring (bicyclic) bond motifs is 1. The molecule has 3 atom stereocenters. The van der Waals surface area contributed by atoms with E-state index in [1.54, 1.807) is 0 Å². The van der Waals surface area contributed by atoms with Crippen molar-refractivity contribution in [2.45, 2.75) is 131 Å². The molecule has 0 radical (unpaired) electrons. The summed E-state index contributed by atoms with van der Waals surface area (Å²) in [5.41, 5.74) is 2.23. The van der Waals surface area contributed by atoms with Gasteiger partial charge in [-0.15, -0.1) is 0 Å². The number of hydrogen-bond donors (Lipinski definition) is 1. The fourth-order valence-corrected chi connectivity index (χ4v) is 5.60. The minimum Gasteiger partial charge on any atom is -0.424 e. The van der Waals surface area contributed by atoms with E-state index in [0.717, 1.165) is 54.7 Å². The van der Waals surface area contributed by atoms with E-state index in [1.807, 2.05) is 13.8 Å². The van der Waals surface area contributed by atoms with Gasteiger partial charge in [-0.2, -0.15) is 0 Å². The molecular formula is C31H54N2O3. The van der Waals surface area contributed by atoms with Crippen molar-refractivity contribution in [2.75, 3.05) is 18.5 Å². The van der Waals surface area contributed by atoms with Gasteiger partial charge >= 0.3 is 5.97 Å². The Morgan fingerprint density at radius 2 is 1.61 bits per heavy atom. The lowest BCUT2D eigenvalue weighted by Gasteiger charge is -2.25. The fourth-order valence-electron chi connectivity index (χ4n) is 5.60. The highest BCUT2D eigenvalue weighted by molar-refractivity contribution is 5.72. The second kappa shape index (κ2) is 14.4. The highest BCUT2D eigenvalue weighted by atomic mass is 16.5. The van der Waals surface area contributed by atoms with Crippen molar-refractivity contribution in [3.8, 4) is 5.75 Å². The van der Waals surface area contributed by atoms with E-state index in [4.69, 9.17) is 9.72 Å². The van der Waals surface area contributed by atoms with Gasteiger partial charge in [-0.05, 0) is 57.3 Å². The number of carbonyl (C=O) groups excluding carboxylic acids is 1. The number of likely N-dealkylation sites (N-methyl/N-ethyl adjacent to an activating group) is 1. The maximum Gasteiger partial charge on any atom is 0.308 e. The highest BCUT2D eigenvalue weighted by Gasteiger charge is 2.28. The number of pyridine rings is 1. The minimum atomic E-state index is -0.729. The molecule has 0 amide bonds. The number of nitrogens with zero attached hydrogens (tertiary/aromatic N) is 2. The Hall–Kier alpha value is -1.62. The van der Waals surface area contributed by atoms with Crippen LogP contribution in [0.25, 0.3) is 0 Å². The Kier molecular flexibility index (Phi) is 12.2. The van der Waals surface area contributed by atoms with E-state index in [1.165, 1.54) is 57.4 Å². The van der Waals surface area contributed by atoms with E-state index in [9.17, 15) is 9.90 Å². The molecule has 0 bridgehead atoms. The first-order valence-corrected chi connectivity index (χ1v) is 14.5. The van der Waals surface area contributed by atoms with Gasteiger partial charge in [-0.3, -0.25) is 4.79 Å². The lowest BCUT2D eigenvalue weighted by Crippen LogP contribution is -2.25. The number of ether oxygens (including phenoxy) is 1. The van der Waals surface area contributed by atoms with Crippen LogP contribution in [-0.2, 0) is 17.6 Å². The van der Waals surface area contributed by atoms with E-state index >= 15 is 0 Å². The van der Waals surface area contributed by atoms with Gasteiger partial charge in [0.1, 0.15) is 5.82 Å². The molecule has 1 aromatic rings. The zero-order valence-electron chi connectivity index (χ0n) is 24.6. The second-order valence-corrected chi connectivity index (χ2v) is 12.4. The first-order chi connectivity index (χ1) is 16.9. The van der Waals surface area contributed by atoms with E-state index in [-0.39, 0.29) is 5.97 Å². The molecule has 0 aliphatic carbocycles. The Morgan fingerprint density at radius 1 is 1.03 bits per heavy atom. The predicted octanol–water partition coefficient (Wildman–Crippen LogP) is 7.43. The summed E-state index contributed by atoms with van der Waals surface area (Å²) < 4.78 is 5.60. The highest BCUT2D eigenvalue weighted by Crippen LogP contribution is 2.38. The molecule has 1 aliphatic rings. The summed E-state index contributed by atoms with van der Waals surface area (Å²) in [4.78, 5) is 18.6. The Morgan fingerprint density at radius 3 is 2.19 bits per heavy atom. The third-order valence-electron chi connectivity index (χ3n) is 8.01. The number of carbonyl (C=O) groups is 1. The van der Waals surface area contributed by atoms with Gasteiger partial charge in [-0.25, -0.2) is 4.98 Å². The first-order valence-electron chi connectivity index (χ1n) is 14.5. The zero-order valence-corrected chi connectivity index (χ0v) is 24.6. The van der Waals surface area contributed by atoms with Crippen LogP contribution < -0.4 is 9.64 Å². The van der Waals surface area contributed by atoms with Gasteiger partial charge in [0.15, 0.2) is 5.75 Å². The van der Waals surface area contributed by atoms with Crippen LogP contribution in [0.15, 0.2) is 0 Å². The molecule has 5 nitrogen and oxygen atoms in total. The van der Waals surface area contributed by atoms with Gasteiger partial charge in [-0.1, -0.05) is 79.1 Å². The third-order valence-corrected chi connectivity index (χ3v) is 8.01. The maximum absolute atomic E-state index is 11.8. The molecule has 3 unspecified atom stereocenters. The molecule has 0 saturated carbocycles. The van der Waals surface area contributed by atoms with E-state index in [0.29, 0.717) is 24.5 Å². The molecule has 206 valence electrons. The third kappa shape index (κ3) is 10.0. The smallest absolute Gasteiger partial charge is 0.308 e. The van der Waals surface area contributed by atoms with Crippen molar-refractivity contribution >= 4 is 11.8 Å². The predicted molar refractivity (Wildman–Crippen MR) is 151 cm³/mol. The molecule has 1 N–H and O–H groups in total. The minimum absolute atomic E-state index is 0.321. The summed E-state index contributed by atoms with van der Waals surface area (Å²) in [6, 6.07) is 0. The largest absolute Gasteiger partial charge is 0.424 e. The fraction of sp³-hybridized carbons (Fsp3) is 0.806. The Bertz CT molecular complexity index is 834. The van der Waals surface area contributed by atoms with Gasteiger partial charge in [0.2, 0.25) is 0 Å². The lowest BCUT2D eigenvalue weighted by atomic mass is 9.87. The number of aromatic nitrogens is 1. The molecule has 0 spiro atoms. The van der Waals surface area contributed by atoms with Gasteiger partial charge in [0, 0.05) is 31.6 Å². The number of aliphatic hydroxyl groups is 1. The van der Waals surface area contributed by atoms with Crippen LogP contribution in [0.4, 0.5) is 5.82 Å². The standard InChI is InChI=1S/C31H54N2O3/c1-22(2)12-9-13-23(3)14-10-15-24(4)16-11-19-31(7,35)20-17-27-28-18-21-33(8)30(28)32-25(5)29(27)36-26(6)34/h22-24,35H,9-21H2,1-8H3. The van der Waals surface area contributed by atoms with Gasteiger partial charge in [0.25, 0.3) is 0 Å². The molecule has 2 heterocycles. The van der Waals surface area contributed by atoms with Crippen molar-refractivity contribution in [1.82, 2.24) is 4.98 Å². The summed E-state index contributed by atoms with van der Waals surface area (Å²) in [5, 5.41) is 11.2. The number of anilines is 1. The van der Waals surface area contributed by atoms with Crippen LogP contribution in [-0.4, -0.2) is 35.3 Å². The van der Waals surface area contributed by atoms with Crippen LogP contribution in [0.2, 0.25) is 0 Å². The van der Waals surface area contributed by atoms with Crippen molar-refractivity contribution in [3.05, 3.63) is 16.8 Å². The molecule has 1 aliphatic heterocycles. The van der Waals surface area contributed by atoms with Crippen molar-refractivity contribution in [3.63, 3.8) is 0 Å². The SMILES string of the molecule is CC(=O)Oc1c(C)nc2c(c1CCC(C)(O)CCCC(C)CCCC(C)CCCC(C)C)CCN2C. The summed E-state index contributed by atoms with van der Waals surface area (Å²) in [7, 11) is 2.05. The molecule has 0 aromatic carbocycles. The number of rotatable bonds is 16. The van der Waals surface area contributed by atoms with Gasteiger partial charge < -0.3 is 14.7 Å². The van der Waals surface area contributed by atoms with Gasteiger partial charge in [0.05, 0.1) is 11.3 Å². The monoisotopic (exact) mass is 502 g/mol. The lowest BCUT2D eigenvalue weighted by molar-refractivity contribution is -0.132. The molecular weight excluding hydrogens is 448 g/mol. The molecule has 1 aromatic heterocycles. The van der Waals surface area contributed by atoms with Crippen LogP contribution in [0, 0.1) is 24.7 Å². The molecule has 2 rings (SSSR count). The normalized spacial score (nSPS) is 16.7. The summed E-state index contributed by atoms with van der Waals surface area (Å²) in [6.07, 6.45) is 13.3. The van der Waals surface area contributed by atoms with E-state index in [2.05, 4.69) is 39.6 Å². The summed E-state index contributed by atoms with van der Waals surface area (Å²) in [6.45, 7) is 15.6. The van der Waals surface area contributed by atoms with Crippen molar-refractivity contribution in [2.24, 2.45) is 17.8 Å². The van der Waals surface area contributed by atoms with E-state index < -0.39 is 5.60 Å². The van der Waals surface area contributed by atoms with Crippen LogP contribution in [0.3, 0.4) is 0 Å². The van der Waals surface area contributed by atoms with Crippen LogP contribution >= 0.6 is 0 Å². The van der Waals surface area contributed by atoms with Crippen LogP contribution in [0.5, 0.6) is 5.75 Å². The Balaban J connectivity index is 1.81. The quantitative estimate of drug-likeness (QED) is 0.238. The summed E-state index contributed by atoms with van der Waals surface area (Å²) >= 11 is 0. The average molecular weight is 503 g/mol. The topological polar surface area (TPSA) is 62.7 Å². The maximum atomic E-state index is 11.8.